The lowest BCUT2D eigenvalue weighted by Crippen LogP contribution is -2.06. The van der Waals surface area contributed by atoms with Crippen molar-refractivity contribution >= 4 is 17.0 Å². The standard InChI is InChI=1S/C11H13N3O3/c1-4-14-10-7(6-13-14)9(16-2)8(5-12-10)11(15)17-3/h5-6H,4H2,1-3H3. The zero-order valence-corrected chi connectivity index (χ0v) is 9.93. The van der Waals surface area contributed by atoms with Crippen LogP contribution in [0.5, 0.6) is 5.75 Å². The topological polar surface area (TPSA) is 66.2 Å². The molecule has 0 spiro atoms. The Morgan fingerprint density at radius 1 is 1.41 bits per heavy atom. The van der Waals surface area contributed by atoms with Gasteiger partial charge in [0.2, 0.25) is 0 Å². The highest BCUT2D eigenvalue weighted by Gasteiger charge is 2.18. The van der Waals surface area contributed by atoms with Gasteiger partial charge in [-0.2, -0.15) is 5.10 Å². The lowest BCUT2D eigenvalue weighted by molar-refractivity contribution is 0.0597. The molecule has 0 amide bonds. The van der Waals surface area contributed by atoms with Crippen LogP contribution in [0, 0.1) is 0 Å². The van der Waals surface area contributed by atoms with Crippen LogP contribution in [0.15, 0.2) is 12.4 Å². The zero-order valence-electron chi connectivity index (χ0n) is 9.93. The van der Waals surface area contributed by atoms with E-state index in [0.29, 0.717) is 28.9 Å². The molecule has 17 heavy (non-hydrogen) atoms. The number of aromatic nitrogens is 3. The van der Waals surface area contributed by atoms with E-state index in [9.17, 15) is 4.79 Å². The summed E-state index contributed by atoms with van der Waals surface area (Å²) in [5, 5.41) is 4.88. The van der Waals surface area contributed by atoms with Crippen molar-refractivity contribution in [3.63, 3.8) is 0 Å². The van der Waals surface area contributed by atoms with Gasteiger partial charge in [0.25, 0.3) is 0 Å². The Balaban J connectivity index is 2.69. The molecule has 6 heteroatoms. The molecule has 0 aromatic carbocycles. The van der Waals surface area contributed by atoms with Gasteiger partial charge in [-0.15, -0.1) is 0 Å². The van der Waals surface area contributed by atoms with Crippen LogP contribution in [0.2, 0.25) is 0 Å². The minimum atomic E-state index is -0.472. The highest BCUT2D eigenvalue weighted by Crippen LogP contribution is 2.28. The highest BCUT2D eigenvalue weighted by atomic mass is 16.5. The Morgan fingerprint density at radius 2 is 2.18 bits per heavy atom. The Labute approximate surface area is 98.2 Å². The number of hydrogen-bond donors (Lipinski definition) is 0. The number of esters is 1. The number of hydrogen-bond acceptors (Lipinski definition) is 5. The number of carbonyl (C=O) groups excluding carboxylic acids is 1. The lowest BCUT2D eigenvalue weighted by Gasteiger charge is -2.07. The van der Waals surface area contributed by atoms with Gasteiger partial charge < -0.3 is 9.47 Å². The lowest BCUT2D eigenvalue weighted by atomic mass is 10.2. The van der Waals surface area contributed by atoms with Crippen LogP contribution in [0.25, 0.3) is 11.0 Å². The van der Waals surface area contributed by atoms with Gasteiger partial charge in [0.05, 0.1) is 25.8 Å². The predicted molar refractivity (Wildman–Crippen MR) is 61.1 cm³/mol. The fourth-order valence-corrected chi connectivity index (χ4v) is 1.71. The second-order valence-corrected chi connectivity index (χ2v) is 3.39. The van der Waals surface area contributed by atoms with E-state index in [-0.39, 0.29) is 0 Å². The molecule has 0 N–H and O–H groups in total. The van der Waals surface area contributed by atoms with Crippen LogP contribution < -0.4 is 4.74 Å². The van der Waals surface area contributed by atoms with E-state index < -0.39 is 5.97 Å². The maximum Gasteiger partial charge on any atom is 0.343 e. The van der Waals surface area contributed by atoms with E-state index in [4.69, 9.17) is 4.74 Å². The number of pyridine rings is 1. The van der Waals surface area contributed by atoms with E-state index in [2.05, 4.69) is 14.8 Å². The van der Waals surface area contributed by atoms with Crippen molar-refractivity contribution in [3.8, 4) is 5.75 Å². The summed E-state index contributed by atoms with van der Waals surface area (Å²) < 4.78 is 11.7. The molecule has 0 bridgehead atoms. The van der Waals surface area contributed by atoms with Gasteiger partial charge in [0, 0.05) is 12.7 Å². The number of fused-ring (bicyclic) bond motifs is 1. The molecular formula is C11H13N3O3. The zero-order chi connectivity index (χ0) is 12.4. The normalized spacial score (nSPS) is 10.5. The quantitative estimate of drug-likeness (QED) is 0.749. The molecule has 0 aliphatic heterocycles. The fourth-order valence-electron chi connectivity index (χ4n) is 1.71. The summed E-state index contributed by atoms with van der Waals surface area (Å²) in [7, 11) is 2.83. The number of ether oxygens (including phenoxy) is 2. The molecule has 0 saturated heterocycles. The number of rotatable bonds is 3. The van der Waals surface area contributed by atoms with Crippen molar-refractivity contribution in [2.75, 3.05) is 14.2 Å². The van der Waals surface area contributed by atoms with Crippen LogP contribution in [0.3, 0.4) is 0 Å². The maximum atomic E-state index is 11.5. The minimum absolute atomic E-state index is 0.304. The van der Waals surface area contributed by atoms with Crippen molar-refractivity contribution in [1.82, 2.24) is 14.8 Å². The summed E-state index contributed by atoms with van der Waals surface area (Å²) in [6.07, 6.45) is 3.08. The molecule has 0 atom stereocenters. The summed E-state index contributed by atoms with van der Waals surface area (Å²) in [4.78, 5) is 15.8. The number of aryl methyl sites for hydroxylation is 1. The Kier molecular flexibility index (Phi) is 2.95. The summed E-state index contributed by atoms with van der Waals surface area (Å²) in [5.41, 5.74) is 0.996. The molecule has 0 saturated carbocycles. The van der Waals surface area contributed by atoms with Crippen LogP contribution in [0.1, 0.15) is 17.3 Å². The van der Waals surface area contributed by atoms with Crippen LogP contribution in [-0.2, 0) is 11.3 Å². The fraction of sp³-hybridized carbons (Fsp3) is 0.364. The highest BCUT2D eigenvalue weighted by molar-refractivity contribution is 5.98. The smallest absolute Gasteiger partial charge is 0.343 e. The van der Waals surface area contributed by atoms with Gasteiger partial charge in [-0.1, -0.05) is 0 Å². The molecule has 0 aliphatic rings. The first-order valence-corrected chi connectivity index (χ1v) is 5.19. The molecular weight excluding hydrogens is 222 g/mol. The van der Waals surface area contributed by atoms with Crippen molar-refractivity contribution < 1.29 is 14.3 Å². The molecule has 0 aliphatic carbocycles. The van der Waals surface area contributed by atoms with Gasteiger partial charge in [0.15, 0.2) is 5.65 Å². The van der Waals surface area contributed by atoms with Crippen LogP contribution in [0.4, 0.5) is 0 Å². The SMILES string of the molecule is CCn1ncc2c(OC)c(C(=O)OC)cnc21. The Morgan fingerprint density at radius 3 is 2.76 bits per heavy atom. The largest absolute Gasteiger partial charge is 0.495 e. The summed E-state index contributed by atoms with van der Waals surface area (Å²) in [6.45, 7) is 2.67. The summed E-state index contributed by atoms with van der Waals surface area (Å²) in [6, 6.07) is 0. The summed E-state index contributed by atoms with van der Waals surface area (Å²) >= 11 is 0. The van der Waals surface area contributed by atoms with Gasteiger partial charge in [-0.25, -0.2) is 14.5 Å². The van der Waals surface area contributed by atoms with Crippen molar-refractivity contribution in [2.45, 2.75) is 13.5 Å². The minimum Gasteiger partial charge on any atom is -0.495 e. The Bertz CT molecular complexity index is 562. The molecule has 2 rings (SSSR count). The Hall–Kier alpha value is -2.11. The second kappa shape index (κ2) is 4.40. The van der Waals surface area contributed by atoms with E-state index >= 15 is 0 Å². The number of carbonyl (C=O) groups is 1. The van der Waals surface area contributed by atoms with Gasteiger partial charge >= 0.3 is 5.97 Å². The van der Waals surface area contributed by atoms with Crippen LogP contribution in [-0.4, -0.2) is 35.0 Å². The molecule has 2 aromatic rings. The third-order valence-corrected chi connectivity index (χ3v) is 2.53. The monoisotopic (exact) mass is 235 g/mol. The van der Waals surface area contributed by atoms with Crippen molar-refractivity contribution in [2.24, 2.45) is 0 Å². The first-order valence-electron chi connectivity index (χ1n) is 5.19. The van der Waals surface area contributed by atoms with E-state index in [1.165, 1.54) is 20.4 Å². The maximum absolute atomic E-state index is 11.5. The summed E-state index contributed by atoms with van der Waals surface area (Å²) in [5.74, 6) is -0.0259. The third-order valence-electron chi connectivity index (χ3n) is 2.53. The molecule has 0 unspecified atom stereocenters. The molecule has 6 nitrogen and oxygen atoms in total. The molecule has 2 heterocycles. The first kappa shape index (κ1) is 11.4. The molecule has 0 fully saturated rings. The van der Waals surface area contributed by atoms with Crippen LogP contribution >= 0.6 is 0 Å². The average molecular weight is 235 g/mol. The predicted octanol–water partition coefficient (Wildman–Crippen LogP) is 1.25. The second-order valence-electron chi connectivity index (χ2n) is 3.39. The van der Waals surface area contributed by atoms with E-state index in [1.807, 2.05) is 6.92 Å². The third kappa shape index (κ3) is 1.71. The first-order chi connectivity index (χ1) is 8.22. The average Bonchev–Trinajstić information content (AvgIpc) is 2.79. The number of nitrogens with zero attached hydrogens (tertiary/aromatic N) is 3. The number of methoxy groups -OCH3 is 2. The van der Waals surface area contributed by atoms with Crippen molar-refractivity contribution in [3.05, 3.63) is 18.0 Å². The van der Waals surface area contributed by atoms with Gasteiger partial charge in [-0.05, 0) is 6.92 Å². The van der Waals surface area contributed by atoms with E-state index in [1.54, 1.807) is 10.9 Å². The molecule has 90 valence electrons. The van der Waals surface area contributed by atoms with Crippen molar-refractivity contribution in [1.29, 1.82) is 0 Å². The van der Waals surface area contributed by atoms with Gasteiger partial charge in [-0.3, -0.25) is 0 Å². The van der Waals surface area contributed by atoms with E-state index in [0.717, 1.165) is 0 Å². The molecule has 2 aromatic heterocycles. The molecule has 0 radical (unpaired) electrons. The van der Waals surface area contributed by atoms with Gasteiger partial charge in [0.1, 0.15) is 11.3 Å².